The van der Waals surface area contributed by atoms with Gasteiger partial charge < -0.3 is 9.30 Å². The highest BCUT2D eigenvalue weighted by Crippen LogP contribution is 2.25. The van der Waals surface area contributed by atoms with Crippen LogP contribution in [0.5, 0.6) is 0 Å². The van der Waals surface area contributed by atoms with Gasteiger partial charge in [0, 0.05) is 17.8 Å². The Kier molecular flexibility index (Phi) is 3.14. The van der Waals surface area contributed by atoms with Gasteiger partial charge in [0.1, 0.15) is 0 Å². The highest BCUT2D eigenvalue weighted by molar-refractivity contribution is 6.10. The lowest BCUT2D eigenvalue weighted by atomic mass is 9.98. The highest BCUT2D eigenvalue weighted by Gasteiger charge is 2.25. The van der Waals surface area contributed by atoms with Crippen LogP contribution in [0, 0.1) is 0 Å². The van der Waals surface area contributed by atoms with Gasteiger partial charge >= 0.3 is 5.97 Å². The lowest BCUT2D eigenvalue weighted by molar-refractivity contribution is -0.142. The minimum absolute atomic E-state index is 0.0157. The molecule has 2 heterocycles. The van der Waals surface area contributed by atoms with Gasteiger partial charge in [-0.1, -0.05) is 24.3 Å². The van der Waals surface area contributed by atoms with Crippen molar-refractivity contribution in [2.45, 2.75) is 19.9 Å². The number of fused-ring (bicyclic) bond motifs is 2. The number of hydrogen-bond acceptors (Lipinski definition) is 3. The first-order chi connectivity index (χ1) is 9.70. The Morgan fingerprint density at radius 3 is 2.85 bits per heavy atom. The molecule has 0 spiro atoms. The molecule has 0 atom stereocenters. The summed E-state index contributed by atoms with van der Waals surface area (Å²) in [4.78, 5) is 24.0. The molecule has 0 amide bonds. The Labute approximate surface area is 117 Å². The van der Waals surface area contributed by atoms with Gasteiger partial charge in [0.05, 0.1) is 18.7 Å². The smallest absolute Gasteiger partial charge is 0.311 e. The Morgan fingerprint density at radius 2 is 2.05 bits per heavy atom. The van der Waals surface area contributed by atoms with E-state index in [1.54, 1.807) is 13.0 Å². The molecule has 0 fully saturated rings. The molecule has 4 nitrogen and oxygen atoms in total. The molecule has 0 radical (unpaired) electrons. The third-order valence-corrected chi connectivity index (χ3v) is 3.52. The molecule has 0 saturated carbocycles. The van der Waals surface area contributed by atoms with Crippen LogP contribution in [-0.4, -0.2) is 22.9 Å². The fraction of sp³-hybridized carbons (Fsp3) is 0.250. The highest BCUT2D eigenvalue weighted by atomic mass is 16.5. The molecule has 2 aromatic rings. The number of carbonyl (C=O) groups is 2. The average molecular weight is 269 g/mol. The zero-order valence-electron chi connectivity index (χ0n) is 11.3. The van der Waals surface area contributed by atoms with Crippen molar-refractivity contribution in [3.05, 3.63) is 58.9 Å². The molecule has 1 aliphatic heterocycles. The molecule has 1 aromatic heterocycles. The van der Waals surface area contributed by atoms with E-state index in [1.807, 2.05) is 34.9 Å². The van der Waals surface area contributed by atoms with Crippen molar-refractivity contribution in [2.75, 3.05) is 6.61 Å². The largest absolute Gasteiger partial charge is 0.466 e. The van der Waals surface area contributed by atoms with Gasteiger partial charge in [-0.3, -0.25) is 9.59 Å². The zero-order valence-corrected chi connectivity index (χ0v) is 11.3. The lowest BCUT2D eigenvalue weighted by Gasteiger charge is -2.20. The summed E-state index contributed by atoms with van der Waals surface area (Å²) in [5.74, 6) is -0.248. The van der Waals surface area contributed by atoms with Crippen molar-refractivity contribution in [1.29, 1.82) is 0 Å². The lowest BCUT2D eigenvalue weighted by Crippen LogP contribution is -2.22. The van der Waals surface area contributed by atoms with E-state index in [0.29, 0.717) is 18.8 Å². The van der Waals surface area contributed by atoms with Crippen LogP contribution in [0.4, 0.5) is 0 Å². The molecule has 0 saturated heterocycles. The Bertz CT molecular complexity index is 685. The maximum atomic E-state index is 12.4. The molecule has 0 unspecified atom stereocenters. The second kappa shape index (κ2) is 4.96. The van der Waals surface area contributed by atoms with Gasteiger partial charge in [0.25, 0.3) is 0 Å². The zero-order chi connectivity index (χ0) is 14.1. The molecule has 1 aromatic carbocycles. The SMILES string of the molecule is CCOC(=O)Cc1ccc2n1Cc1ccccc1C2=O. The van der Waals surface area contributed by atoms with Crippen LogP contribution in [0.2, 0.25) is 0 Å². The van der Waals surface area contributed by atoms with Crippen LogP contribution in [-0.2, 0) is 22.5 Å². The van der Waals surface area contributed by atoms with E-state index < -0.39 is 0 Å². The molecule has 3 rings (SSSR count). The normalized spacial score (nSPS) is 12.8. The molecule has 102 valence electrons. The number of rotatable bonds is 3. The predicted molar refractivity (Wildman–Crippen MR) is 73.7 cm³/mol. The number of esters is 1. The van der Waals surface area contributed by atoms with Crippen molar-refractivity contribution in [3.8, 4) is 0 Å². The van der Waals surface area contributed by atoms with Crippen molar-refractivity contribution in [1.82, 2.24) is 4.57 Å². The van der Waals surface area contributed by atoms with Crippen LogP contribution >= 0.6 is 0 Å². The molecule has 0 bridgehead atoms. The summed E-state index contributed by atoms with van der Waals surface area (Å²) in [6.07, 6.45) is 0.198. The van der Waals surface area contributed by atoms with Gasteiger partial charge in [0.15, 0.2) is 0 Å². The van der Waals surface area contributed by atoms with Gasteiger partial charge in [-0.15, -0.1) is 0 Å². The van der Waals surface area contributed by atoms with Gasteiger partial charge in [-0.25, -0.2) is 0 Å². The number of carbonyl (C=O) groups excluding carboxylic acids is 2. The summed E-state index contributed by atoms with van der Waals surface area (Å²) in [6.45, 7) is 2.78. The standard InChI is InChI=1S/C16H15NO3/c1-2-20-15(18)9-12-7-8-14-16(19)13-6-4-3-5-11(13)10-17(12)14/h3-8H,2,9-10H2,1H3. The van der Waals surface area contributed by atoms with Gasteiger partial charge in [-0.2, -0.15) is 0 Å². The summed E-state index contributed by atoms with van der Waals surface area (Å²) < 4.78 is 6.87. The third kappa shape index (κ3) is 2.03. The quantitative estimate of drug-likeness (QED) is 0.685. The monoisotopic (exact) mass is 269 g/mol. The molecular weight excluding hydrogens is 254 g/mol. The number of nitrogens with zero attached hydrogens (tertiary/aromatic N) is 1. The van der Waals surface area contributed by atoms with Crippen LogP contribution in [0.1, 0.15) is 34.2 Å². The fourth-order valence-corrected chi connectivity index (χ4v) is 2.60. The summed E-state index contributed by atoms with van der Waals surface area (Å²) >= 11 is 0. The van der Waals surface area contributed by atoms with E-state index in [9.17, 15) is 9.59 Å². The van der Waals surface area contributed by atoms with E-state index in [0.717, 1.165) is 16.8 Å². The number of ether oxygens (including phenoxy) is 1. The van der Waals surface area contributed by atoms with Crippen LogP contribution in [0.15, 0.2) is 36.4 Å². The molecule has 0 aliphatic carbocycles. The number of hydrogen-bond donors (Lipinski definition) is 0. The Hall–Kier alpha value is -2.36. The number of aromatic nitrogens is 1. The molecule has 0 N–H and O–H groups in total. The third-order valence-electron chi connectivity index (χ3n) is 3.52. The first kappa shape index (κ1) is 12.7. The second-order valence-electron chi connectivity index (χ2n) is 4.76. The molecular formula is C16H15NO3. The maximum Gasteiger partial charge on any atom is 0.311 e. The Morgan fingerprint density at radius 1 is 1.25 bits per heavy atom. The average Bonchev–Trinajstić information content (AvgIpc) is 2.83. The van der Waals surface area contributed by atoms with Crippen LogP contribution < -0.4 is 0 Å². The molecule has 4 heteroatoms. The minimum atomic E-state index is -0.264. The summed E-state index contributed by atoms with van der Waals surface area (Å²) in [5, 5.41) is 0. The van der Waals surface area contributed by atoms with E-state index >= 15 is 0 Å². The van der Waals surface area contributed by atoms with Gasteiger partial charge in [0.2, 0.25) is 5.78 Å². The van der Waals surface area contributed by atoms with Crippen molar-refractivity contribution >= 4 is 11.8 Å². The first-order valence-corrected chi connectivity index (χ1v) is 6.67. The molecule has 20 heavy (non-hydrogen) atoms. The Balaban J connectivity index is 1.95. The summed E-state index contributed by atoms with van der Waals surface area (Å²) in [7, 11) is 0. The molecule has 1 aliphatic rings. The van der Waals surface area contributed by atoms with Crippen molar-refractivity contribution in [2.24, 2.45) is 0 Å². The van der Waals surface area contributed by atoms with E-state index in [4.69, 9.17) is 4.74 Å². The number of benzene rings is 1. The van der Waals surface area contributed by atoms with E-state index in [2.05, 4.69) is 0 Å². The minimum Gasteiger partial charge on any atom is -0.466 e. The van der Waals surface area contributed by atoms with E-state index in [1.165, 1.54) is 0 Å². The van der Waals surface area contributed by atoms with Crippen molar-refractivity contribution in [3.63, 3.8) is 0 Å². The van der Waals surface area contributed by atoms with E-state index in [-0.39, 0.29) is 18.2 Å². The predicted octanol–water partition coefficient (Wildman–Crippen LogP) is 2.19. The maximum absolute atomic E-state index is 12.4. The van der Waals surface area contributed by atoms with Crippen molar-refractivity contribution < 1.29 is 14.3 Å². The second-order valence-corrected chi connectivity index (χ2v) is 4.76. The van der Waals surface area contributed by atoms with Gasteiger partial charge in [-0.05, 0) is 24.6 Å². The fourth-order valence-electron chi connectivity index (χ4n) is 2.60. The first-order valence-electron chi connectivity index (χ1n) is 6.67. The van der Waals surface area contributed by atoms with Crippen LogP contribution in [0.25, 0.3) is 0 Å². The van der Waals surface area contributed by atoms with Crippen LogP contribution in [0.3, 0.4) is 0 Å². The topological polar surface area (TPSA) is 48.3 Å². The summed E-state index contributed by atoms with van der Waals surface area (Å²) in [5.41, 5.74) is 3.20. The number of ketones is 1. The summed E-state index contributed by atoms with van der Waals surface area (Å²) in [6, 6.07) is 11.2.